The highest BCUT2D eigenvalue weighted by atomic mass is 31.3. The maximum atomic E-state index is 12.3. The molecule has 2 aliphatic heterocycles. The van der Waals surface area contributed by atoms with E-state index in [2.05, 4.69) is 13.4 Å². The third-order valence-corrected chi connectivity index (χ3v) is 8.55. The Bertz CT molecular complexity index is 1210. The van der Waals surface area contributed by atoms with E-state index in [1.54, 1.807) is 0 Å². The fourth-order valence-electron chi connectivity index (χ4n) is 3.86. The number of hydrogen-bond donors (Lipinski definition) is 10. The normalized spacial score (nSPS) is 38.3. The third-order valence-electron chi connectivity index (χ3n) is 5.97. The van der Waals surface area contributed by atoms with Gasteiger partial charge in [-0.2, -0.15) is 4.31 Å². The Morgan fingerprint density at radius 1 is 0.949 bits per heavy atom. The number of phosphoric ester groups is 2. The molecule has 0 spiro atoms. The highest BCUT2D eigenvalue weighted by molar-refractivity contribution is 7.61. The minimum atomic E-state index is -5.56. The third kappa shape index (κ3) is 7.08. The molecule has 10 N–H and O–H groups in total. The van der Waals surface area contributed by atoms with Crippen LogP contribution < -0.4 is 11.2 Å². The summed E-state index contributed by atoms with van der Waals surface area (Å²) in [4.78, 5) is 44.8. The average Bonchev–Trinajstić information content (AvgIpc) is 3.14. The largest absolute Gasteiger partial charge is 0.481 e. The van der Waals surface area contributed by atoms with Crippen molar-refractivity contribution in [1.82, 2.24) is 9.55 Å². The number of rotatable bonds is 11. The predicted molar refractivity (Wildman–Crippen MR) is 120 cm³/mol. The molecule has 0 amide bonds. The van der Waals surface area contributed by atoms with Crippen molar-refractivity contribution < 1.29 is 77.5 Å². The van der Waals surface area contributed by atoms with Crippen molar-refractivity contribution in [2.75, 3.05) is 26.4 Å². The van der Waals surface area contributed by atoms with E-state index in [9.17, 15) is 64.3 Å². The molecule has 2 saturated heterocycles. The Morgan fingerprint density at radius 3 is 2.15 bits per heavy atom. The van der Waals surface area contributed by atoms with Gasteiger partial charge < -0.3 is 55.0 Å². The molecule has 39 heavy (non-hydrogen) atoms. The molecular formula is C17H28N2O18P2. The second-order valence-electron chi connectivity index (χ2n) is 8.64. The first-order valence-corrected chi connectivity index (χ1v) is 14.0. The van der Waals surface area contributed by atoms with E-state index in [-0.39, 0.29) is 0 Å². The van der Waals surface area contributed by atoms with Crippen molar-refractivity contribution >= 4 is 15.6 Å². The number of aromatic nitrogens is 2. The van der Waals surface area contributed by atoms with Crippen LogP contribution in [0.1, 0.15) is 6.23 Å². The standard InChI is InChI=1S/C17H28N2O18P2/c20-3-7-10(23)12(25)14(27)17(5-21,36-7)6-34-39(31,32)37-38(29,30)33-4-8-11(24)13(26)15(35-8)19-2-1-9(22)18-16(19)28/h1-2,7-8,10-15,20-21,23-27H,3-6H2,(H,29,30)(H,31,32)(H,18,22,28)/t7-,8-,10+,11-,12+,13-,14-,15-,17+/m1/s1. The van der Waals surface area contributed by atoms with Crippen LogP contribution in [0.2, 0.25) is 0 Å². The molecular weight excluding hydrogens is 582 g/mol. The second kappa shape index (κ2) is 12.2. The lowest BCUT2D eigenvalue weighted by molar-refractivity contribution is -0.289. The number of aromatic amines is 1. The van der Waals surface area contributed by atoms with E-state index >= 15 is 0 Å². The first kappa shape index (κ1) is 32.1. The van der Waals surface area contributed by atoms with Crippen LogP contribution >= 0.6 is 15.6 Å². The molecule has 0 aromatic carbocycles. The van der Waals surface area contributed by atoms with Gasteiger partial charge in [0.05, 0.1) is 26.4 Å². The van der Waals surface area contributed by atoms with Gasteiger partial charge in [0.15, 0.2) is 6.23 Å². The van der Waals surface area contributed by atoms with Crippen molar-refractivity contribution in [3.8, 4) is 0 Å². The lowest BCUT2D eigenvalue weighted by Crippen LogP contribution is -2.68. The fraction of sp³-hybridized carbons (Fsp3) is 0.765. The molecule has 0 saturated carbocycles. The topological polar surface area (TPSA) is 317 Å². The first-order chi connectivity index (χ1) is 18.1. The zero-order valence-corrected chi connectivity index (χ0v) is 21.4. The summed E-state index contributed by atoms with van der Waals surface area (Å²) in [5, 5.41) is 69.2. The number of aliphatic hydroxyl groups excluding tert-OH is 7. The number of nitrogens with one attached hydrogen (secondary N) is 1. The van der Waals surface area contributed by atoms with Crippen LogP contribution in [0.4, 0.5) is 0 Å². The molecule has 0 bridgehead atoms. The van der Waals surface area contributed by atoms with Crippen molar-refractivity contribution in [2.45, 2.75) is 54.6 Å². The molecule has 0 radical (unpaired) electrons. The SMILES string of the molecule is O=c1ccn([C@@H]2O[C@H](COP(=O)(O)OP(=O)(O)OC[C@]3(CO)O[C@H](CO)[C@H](O)[C@H](O)[C@H]3O)[C@@H](O)[C@H]2O)c(=O)[nH]1. The number of phosphoric acid groups is 2. The summed E-state index contributed by atoms with van der Waals surface area (Å²) in [7, 11) is -11.1. The Labute approximate surface area is 217 Å². The summed E-state index contributed by atoms with van der Waals surface area (Å²) in [5.74, 6) is 0. The molecule has 1 aromatic rings. The van der Waals surface area contributed by atoms with Gasteiger partial charge in [0.2, 0.25) is 0 Å². The summed E-state index contributed by atoms with van der Waals surface area (Å²) < 4.78 is 48.8. The van der Waals surface area contributed by atoms with Crippen LogP contribution in [0.3, 0.4) is 0 Å². The monoisotopic (exact) mass is 610 g/mol. The van der Waals surface area contributed by atoms with Gasteiger partial charge in [-0.25, -0.2) is 13.9 Å². The molecule has 2 unspecified atom stereocenters. The van der Waals surface area contributed by atoms with E-state index < -0.39 is 108 Å². The van der Waals surface area contributed by atoms with E-state index in [4.69, 9.17) is 9.47 Å². The van der Waals surface area contributed by atoms with Crippen molar-refractivity contribution in [2.24, 2.45) is 0 Å². The molecule has 224 valence electrons. The molecule has 20 nitrogen and oxygen atoms in total. The smallest absolute Gasteiger partial charge is 0.394 e. The van der Waals surface area contributed by atoms with Gasteiger partial charge >= 0.3 is 21.3 Å². The minimum absolute atomic E-state index is 0.718. The molecule has 2 fully saturated rings. The Balaban J connectivity index is 1.62. The predicted octanol–water partition coefficient (Wildman–Crippen LogP) is -5.39. The molecule has 11 atom stereocenters. The van der Waals surface area contributed by atoms with Gasteiger partial charge in [-0.05, 0) is 0 Å². The van der Waals surface area contributed by atoms with Crippen LogP contribution in [-0.2, 0) is 32.0 Å². The lowest BCUT2D eigenvalue weighted by atomic mass is 9.86. The van der Waals surface area contributed by atoms with Crippen molar-refractivity contribution in [3.63, 3.8) is 0 Å². The van der Waals surface area contributed by atoms with Gasteiger partial charge in [0, 0.05) is 12.3 Å². The van der Waals surface area contributed by atoms with E-state index in [0.717, 1.165) is 16.8 Å². The first-order valence-electron chi connectivity index (χ1n) is 11.0. The summed E-state index contributed by atoms with van der Waals surface area (Å²) in [6.45, 7) is -4.38. The van der Waals surface area contributed by atoms with E-state index in [1.807, 2.05) is 4.98 Å². The molecule has 2 aliphatic rings. The zero-order valence-electron chi connectivity index (χ0n) is 19.6. The highest BCUT2D eigenvalue weighted by Gasteiger charge is 2.54. The lowest BCUT2D eigenvalue weighted by Gasteiger charge is -2.47. The summed E-state index contributed by atoms with van der Waals surface area (Å²) in [5.41, 5.74) is -4.15. The second-order valence-corrected chi connectivity index (χ2v) is 11.7. The van der Waals surface area contributed by atoms with Crippen molar-refractivity contribution in [3.05, 3.63) is 33.1 Å². The maximum absolute atomic E-state index is 12.3. The molecule has 3 heterocycles. The van der Waals surface area contributed by atoms with Gasteiger partial charge in [0.25, 0.3) is 5.56 Å². The van der Waals surface area contributed by atoms with E-state index in [1.165, 1.54) is 0 Å². The summed E-state index contributed by atoms with van der Waals surface area (Å²) in [6.07, 6.45) is -13.2. The van der Waals surface area contributed by atoms with Crippen LogP contribution in [0.15, 0.2) is 21.9 Å². The average molecular weight is 610 g/mol. The van der Waals surface area contributed by atoms with Crippen LogP contribution in [-0.4, -0.2) is 130 Å². The molecule has 1 aromatic heterocycles. The number of H-pyrrole nitrogens is 1. The van der Waals surface area contributed by atoms with Crippen LogP contribution in [0.25, 0.3) is 0 Å². The van der Waals surface area contributed by atoms with Gasteiger partial charge in [-0.3, -0.25) is 23.4 Å². The minimum Gasteiger partial charge on any atom is -0.394 e. The van der Waals surface area contributed by atoms with Crippen molar-refractivity contribution in [1.29, 1.82) is 0 Å². The van der Waals surface area contributed by atoms with Gasteiger partial charge in [-0.1, -0.05) is 0 Å². The molecule has 0 aliphatic carbocycles. The maximum Gasteiger partial charge on any atom is 0.481 e. The Kier molecular flexibility index (Phi) is 10.1. The summed E-state index contributed by atoms with van der Waals surface area (Å²) >= 11 is 0. The Morgan fingerprint density at radius 2 is 1.56 bits per heavy atom. The van der Waals surface area contributed by atoms with Gasteiger partial charge in [0.1, 0.15) is 48.3 Å². The summed E-state index contributed by atoms with van der Waals surface area (Å²) in [6, 6.07) is 0.924. The molecule has 22 heteroatoms. The van der Waals surface area contributed by atoms with Crippen LogP contribution in [0.5, 0.6) is 0 Å². The number of hydrogen-bond acceptors (Lipinski definition) is 16. The number of aliphatic hydroxyl groups is 7. The zero-order chi connectivity index (χ0) is 29.3. The Hall–Kier alpha value is -1.42. The fourth-order valence-corrected chi connectivity index (χ4v) is 6.00. The van der Waals surface area contributed by atoms with Gasteiger partial charge in [-0.15, -0.1) is 0 Å². The van der Waals surface area contributed by atoms with Crippen LogP contribution in [0, 0.1) is 0 Å². The quantitative estimate of drug-likeness (QED) is 0.105. The van der Waals surface area contributed by atoms with E-state index in [0.29, 0.717) is 0 Å². The molecule has 3 rings (SSSR count). The number of ether oxygens (including phenoxy) is 2. The highest BCUT2D eigenvalue weighted by Crippen LogP contribution is 2.61. The number of nitrogens with zero attached hydrogens (tertiary/aromatic N) is 1.